The zero-order valence-corrected chi connectivity index (χ0v) is 12.0. The number of halogens is 1. The monoisotopic (exact) mass is 281 g/mol. The first-order valence-electron chi connectivity index (χ1n) is 6.71. The van der Waals surface area contributed by atoms with Gasteiger partial charge in [0.2, 0.25) is 0 Å². The Bertz CT molecular complexity index is 797. The van der Waals surface area contributed by atoms with Crippen molar-refractivity contribution in [2.45, 2.75) is 6.92 Å². The second-order valence-corrected chi connectivity index (χ2v) is 5.09. The Balaban J connectivity index is 2.22. The number of nitrogen functional groups attached to an aromatic ring is 1. The van der Waals surface area contributed by atoms with E-state index in [2.05, 4.69) is 4.98 Å². The molecule has 0 saturated heterocycles. The van der Waals surface area contributed by atoms with Crippen LogP contribution in [-0.2, 0) is 0 Å². The summed E-state index contributed by atoms with van der Waals surface area (Å²) in [7, 11) is 1.83. The molecule has 0 amide bonds. The number of nitrogens with zero attached hydrogens (tertiary/aromatic N) is 2. The van der Waals surface area contributed by atoms with Gasteiger partial charge in [-0.3, -0.25) is 4.98 Å². The molecule has 3 nitrogen and oxygen atoms in total. The third-order valence-corrected chi connectivity index (χ3v) is 3.61. The zero-order valence-electron chi connectivity index (χ0n) is 12.0. The largest absolute Gasteiger partial charge is 0.398 e. The Labute approximate surface area is 122 Å². The van der Waals surface area contributed by atoms with Gasteiger partial charge in [0.25, 0.3) is 0 Å². The van der Waals surface area contributed by atoms with E-state index in [4.69, 9.17) is 5.73 Å². The highest BCUT2D eigenvalue weighted by Gasteiger charge is 2.16. The van der Waals surface area contributed by atoms with Crippen LogP contribution in [0.2, 0.25) is 0 Å². The van der Waals surface area contributed by atoms with Crippen LogP contribution in [0.15, 0.2) is 48.7 Å². The topological polar surface area (TPSA) is 42.1 Å². The van der Waals surface area contributed by atoms with Crippen molar-refractivity contribution < 1.29 is 4.39 Å². The van der Waals surface area contributed by atoms with Crippen LogP contribution in [0.1, 0.15) is 5.56 Å². The molecule has 0 saturated carbocycles. The minimum Gasteiger partial charge on any atom is -0.398 e. The second kappa shape index (κ2) is 5.05. The summed E-state index contributed by atoms with van der Waals surface area (Å²) in [4.78, 5) is 6.10. The van der Waals surface area contributed by atoms with Gasteiger partial charge >= 0.3 is 0 Å². The number of fused-ring (bicyclic) bond motifs is 1. The number of hydrogen-bond acceptors (Lipinski definition) is 3. The fourth-order valence-corrected chi connectivity index (χ4v) is 2.44. The molecule has 1 aromatic heterocycles. The lowest BCUT2D eigenvalue weighted by Gasteiger charge is -2.22. The number of aromatic nitrogens is 1. The van der Waals surface area contributed by atoms with E-state index in [1.54, 1.807) is 17.2 Å². The van der Waals surface area contributed by atoms with E-state index in [0.29, 0.717) is 16.9 Å². The molecule has 3 aromatic rings. The van der Waals surface area contributed by atoms with Gasteiger partial charge in [0.05, 0.1) is 5.52 Å². The van der Waals surface area contributed by atoms with Gasteiger partial charge in [-0.05, 0) is 37.3 Å². The number of pyridine rings is 1. The lowest BCUT2D eigenvalue weighted by atomic mass is 10.1. The van der Waals surface area contributed by atoms with Gasteiger partial charge in [0.15, 0.2) is 5.82 Å². The summed E-state index contributed by atoms with van der Waals surface area (Å²) >= 11 is 0. The fourth-order valence-electron chi connectivity index (χ4n) is 2.44. The molecule has 0 aliphatic rings. The summed E-state index contributed by atoms with van der Waals surface area (Å²) in [5, 5.41) is 0.757. The number of nitrogens with two attached hydrogens (primary N) is 1. The highest BCUT2D eigenvalue weighted by Crippen LogP contribution is 2.35. The van der Waals surface area contributed by atoms with Gasteiger partial charge in [-0.15, -0.1) is 0 Å². The molecular formula is C17H16FN3. The van der Waals surface area contributed by atoms with Gasteiger partial charge in [0, 0.05) is 30.0 Å². The number of aryl methyl sites for hydroxylation is 1. The van der Waals surface area contributed by atoms with Crippen molar-refractivity contribution in [1.29, 1.82) is 0 Å². The molecule has 1 heterocycles. The SMILES string of the molecule is Cc1ccc(N(C)c2c(F)cc(N)c3cccnc23)cc1. The van der Waals surface area contributed by atoms with Crippen LogP contribution >= 0.6 is 0 Å². The summed E-state index contributed by atoms with van der Waals surface area (Å²) in [5.74, 6) is -0.373. The quantitative estimate of drug-likeness (QED) is 0.721. The van der Waals surface area contributed by atoms with Crippen molar-refractivity contribution >= 4 is 28.0 Å². The first kappa shape index (κ1) is 13.4. The van der Waals surface area contributed by atoms with Crippen molar-refractivity contribution in [2.24, 2.45) is 0 Å². The predicted octanol–water partition coefficient (Wildman–Crippen LogP) is 4.03. The second-order valence-electron chi connectivity index (χ2n) is 5.09. The van der Waals surface area contributed by atoms with Crippen LogP contribution in [0.25, 0.3) is 10.9 Å². The first-order chi connectivity index (χ1) is 10.1. The molecule has 4 heteroatoms. The average molecular weight is 281 g/mol. The third-order valence-electron chi connectivity index (χ3n) is 3.61. The molecule has 2 aromatic carbocycles. The summed E-state index contributed by atoms with van der Waals surface area (Å²) in [5.41, 5.74) is 9.35. The normalized spacial score (nSPS) is 10.8. The van der Waals surface area contributed by atoms with E-state index in [9.17, 15) is 4.39 Å². The molecule has 0 radical (unpaired) electrons. The zero-order chi connectivity index (χ0) is 15.0. The summed E-state index contributed by atoms with van der Waals surface area (Å²) < 4.78 is 14.4. The van der Waals surface area contributed by atoms with Gasteiger partial charge in [-0.1, -0.05) is 17.7 Å². The number of rotatable bonds is 2. The lowest BCUT2D eigenvalue weighted by molar-refractivity contribution is 0.629. The van der Waals surface area contributed by atoms with E-state index >= 15 is 0 Å². The Morgan fingerprint density at radius 2 is 1.86 bits per heavy atom. The van der Waals surface area contributed by atoms with Crippen molar-refractivity contribution in [3.05, 3.63) is 60.0 Å². The third kappa shape index (κ3) is 2.29. The van der Waals surface area contributed by atoms with E-state index in [1.165, 1.54) is 6.07 Å². The number of anilines is 3. The van der Waals surface area contributed by atoms with Crippen molar-refractivity contribution in [1.82, 2.24) is 4.98 Å². The number of benzene rings is 2. The van der Waals surface area contributed by atoms with E-state index in [-0.39, 0.29) is 5.82 Å². The number of hydrogen-bond donors (Lipinski definition) is 1. The molecule has 0 fully saturated rings. The van der Waals surface area contributed by atoms with E-state index < -0.39 is 0 Å². The maximum atomic E-state index is 14.4. The molecule has 3 rings (SSSR count). The molecule has 0 aliphatic heterocycles. The molecule has 0 bridgehead atoms. The molecular weight excluding hydrogens is 265 g/mol. The van der Waals surface area contributed by atoms with Crippen LogP contribution < -0.4 is 10.6 Å². The Morgan fingerprint density at radius 1 is 1.14 bits per heavy atom. The van der Waals surface area contributed by atoms with E-state index in [0.717, 1.165) is 16.6 Å². The Kier molecular flexibility index (Phi) is 3.22. The van der Waals surface area contributed by atoms with Crippen LogP contribution in [-0.4, -0.2) is 12.0 Å². The minimum absolute atomic E-state index is 0.373. The highest BCUT2D eigenvalue weighted by atomic mass is 19.1. The first-order valence-corrected chi connectivity index (χ1v) is 6.71. The van der Waals surface area contributed by atoms with Crippen LogP contribution in [0.5, 0.6) is 0 Å². The fraction of sp³-hybridized carbons (Fsp3) is 0.118. The van der Waals surface area contributed by atoms with Crippen LogP contribution in [0.4, 0.5) is 21.5 Å². The van der Waals surface area contributed by atoms with Crippen LogP contribution in [0, 0.1) is 12.7 Å². The molecule has 0 unspecified atom stereocenters. The standard InChI is InChI=1S/C17H16FN3/c1-11-5-7-12(8-6-11)21(2)17-14(18)10-15(19)13-4-3-9-20-16(13)17/h3-10H,19H2,1-2H3. The van der Waals surface area contributed by atoms with E-state index in [1.807, 2.05) is 44.3 Å². The molecule has 2 N–H and O–H groups in total. The highest BCUT2D eigenvalue weighted by molar-refractivity contribution is 6.00. The Morgan fingerprint density at radius 3 is 2.57 bits per heavy atom. The van der Waals surface area contributed by atoms with Crippen LogP contribution in [0.3, 0.4) is 0 Å². The van der Waals surface area contributed by atoms with Gasteiger partial charge in [-0.2, -0.15) is 0 Å². The summed E-state index contributed by atoms with van der Waals surface area (Å²) in [6, 6.07) is 12.9. The summed E-state index contributed by atoms with van der Waals surface area (Å²) in [6.45, 7) is 2.02. The van der Waals surface area contributed by atoms with Crippen molar-refractivity contribution in [3.63, 3.8) is 0 Å². The smallest absolute Gasteiger partial charge is 0.151 e. The maximum Gasteiger partial charge on any atom is 0.151 e. The van der Waals surface area contributed by atoms with Gasteiger partial charge in [-0.25, -0.2) is 4.39 Å². The Hall–Kier alpha value is -2.62. The predicted molar refractivity (Wildman–Crippen MR) is 85.4 cm³/mol. The molecule has 0 aliphatic carbocycles. The molecule has 0 spiro atoms. The minimum atomic E-state index is -0.373. The van der Waals surface area contributed by atoms with Crippen molar-refractivity contribution in [2.75, 3.05) is 17.7 Å². The lowest BCUT2D eigenvalue weighted by Crippen LogP contribution is -2.13. The molecule has 21 heavy (non-hydrogen) atoms. The average Bonchev–Trinajstić information content (AvgIpc) is 2.48. The summed E-state index contributed by atoms with van der Waals surface area (Å²) in [6.07, 6.45) is 1.65. The van der Waals surface area contributed by atoms with Gasteiger partial charge < -0.3 is 10.6 Å². The van der Waals surface area contributed by atoms with Crippen molar-refractivity contribution in [3.8, 4) is 0 Å². The maximum absolute atomic E-state index is 14.4. The van der Waals surface area contributed by atoms with Gasteiger partial charge in [0.1, 0.15) is 5.69 Å². The molecule has 0 atom stereocenters. The molecule has 106 valence electrons.